The van der Waals surface area contributed by atoms with Crippen LogP contribution in [0.2, 0.25) is 0 Å². The number of benzene rings is 4. The van der Waals surface area contributed by atoms with Crippen molar-refractivity contribution in [2.24, 2.45) is 0 Å². The summed E-state index contributed by atoms with van der Waals surface area (Å²) in [5.74, 6) is -0.451. The molecule has 4 aromatic carbocycles. The molecule has 0 bridgehead atoms. The van der Waals surface area contributed by atoms with Crippen LogP contribution in [0.15, 0.2) is 103 Å². The van der Waals surface area contributed by atoms with Gasteiger partial charge in [-0.15, -0.1) is 0 Å². The second-order valence-corrected chi connectivity index (χ2v) is 10.6. The van der Waals surface area contributed by atoms with E-state index in [1.807, 2.05) is 54.6 Å². The lowest BCUT2D eigenvalue weighted by Gasteiger charge is -2.21. The molecule has 1 aliphatic carbocycles. The predicted molar refractivity (Wildman–Crippen MR) is 157 cm³/mol. The van der Waals surface area contributed by atoms with E-state index >= 15 is 0 Å². The van der Waals surface area contributed by atoms with Crippen LogP contribution in [0.25, 0.3) is 11.1 Å². The van der Waals surface area contributed by atoms with Crippen molar-refractivity contribution in [2.45, 2.75) is 38.5 Å². The monoisotopic (exact) mass is 549 g/mol. The zero-order chi connectivity index (χ0) is 29.0. The van der Waals surface area contributed by atoms with Crippen molar-refractivity contribution in [3.8, 4) is 11.1 Å². The van der Waals surface area contributed by atoms with Crippen LogP contribution in [-0.4, -0.2) is 23.7 Å². The molecule has 5 rings (SSSR count). The van der Waals surface area contributed by atoms with E-state index in [0.29, 0.717) is 16.9 Å². The van der Waals surface area contributed by atoms with Crippen molar-refractivity contribution in [2.75, 3.05) is 10.6 Å². The largest absolute Gasteiger partial charge is 0.444 e. The first-order chi connectivity index (χ1) is 19.7. The minimum atomic E-state index is -1.02. The summed E-state index contributed by atoms with van der Waals surface area (Å²) in [5.41, 5.74) is 4.79. The van der Waals surface area contributed by atoms with Gasteiger partial charge in [0.25, 0.3) is 5.91 Å². The van der Waals surface area contributed by atoms with Gasteiger partial charge in [-0.3, -0.25) is 10.1 Å². The van der Waals surface area contributed by atoms with Crippen LogP contribution in [-0.2, 0) is 14.3 Å². The maximum Gasteiger partial charge on any atom is 0.412 e. The van der Waals surface area contributed by atoms with Crippen molar-refractivity contribution in [1.82, 2.24) is 5.32 Å². The van der Waals surface area contributed by atoms with Gasteiger partial charge in [0.05, 0.1) is 0 Å². The van der Waals surface area contributed by atoms with Crippen molar-refractivity contribution < 1.29 is 23.9 Å². The van der Waals surface area contributed by atoms with Crippen LogP contribution in [0, 0.1) is 0 Å². The Kier molecular flexibility index (Phi) is 7.74. The molecule has 0 aliphatic heterocycles. The SMILES string of the molecule is CC(C)(C)OC(=O)Nc1ccc(NC(=O)[C@@H](NC(=O)OC2c3ccccc3-c3ccccc32)c2ccccc2)cc1. The van der Waals surface area contributed by atoms with Gasteiger partial charge in [0.15, 0.2) is 6.10 Å². The van der Waals surface area contributed by atoms with Gasteiger partial charge in [0.1, 0.15) is 11.6 Å². The van der Waals surface area contributed by atoms with E-state index in [1.165, 1.54) is 0 Å². The molecule has 41 heavy (non-hydrogen) atoms. The number of nitrogens with one attached hydrogen (secondary N) is 3. The lowest BCUT2D eigenvalue weighted by molar-refractivity contribution is -0.118. The van der Waals surface area contributed by atoms with E-state index in [9.17, 15) is 14.4 Å². The number of anilines is 2. The fraction of sp³-hybridized carbons (Fsp3) is 0.182. The number of rotatable bonds is 6. The molecule has 1 aliphatic rings. The highest BCUT2D eigenvalue weighted by molar-refractivity contribution is 5.97. The Morgan fingerprint density at radius 1 is 0.659 bits per heavy atom. The van der Waals surface area contributed by atoms with E-state index in [-0.39, 0.29) is 0 Å². The lowest BCUT2D eigenvalue weighted by Crippen LogP contribution is -2.37. The van der Waals surface area contributed by atoms with Gasteiger partial charge in [-0.25, -0.2) is 9.59 Å². The normalized spacial score (nSPS) is 12.9. The molecule has 0 spiro atoms. The van der Waals surface area contributed by atoms with Crippen LogP contribution < -0.4 is 16.0 Å². The van der Waals surface area contributed by atoms with Crippen LogP contribution in [0.4, 0.5) is 21.0 Å². The van der Waals surface area contributed by atoms with Gasteiger partial charge in [0, 0.05) is 22.5 Å². The van der Waals surface area contributed by atoms with Crippen molar-refractivity contribution in [1.29, 1.82) is 0 Å². The Hall–Kier alpha value is -5.11. The lowest BCUT2D eigenvalue weighted by atomic mass is 10.1. The Balaban J connectivity index is 1.29. The number of alkyl carbamates (subject to hydrolysis) is 1. The molecule has 1 atom stereocenters. The number of hydrogen-bond acceptors (Lipinski definition) is 5. The van der Waals surface area contributed by atoms with Crippen LogP contribution in [0.1, 0.15) is 49.6 Å². The van der Waals surface area contributed by atoms with Crippen molar-refractivity contribution in [3.63, 3.8) is 0 Å². The molecule has 208 valence electrons. The molecular weight excluding hydrogens is 518 g/mol. The number of carbonyl (C=O) groups excluding carboxylic acids is 3. The topological polar surface area (TPSA) is 106 Å². The van der Waals surface area contributed by atoms with Crippen molar-refractivity contribution in [3.05, 3.63) is 120 Å². The smallest absolute Gasteiger partial charge is 0.412 e. The minimum Gasteiger partial charge on any atom is -0.444 e. The second-order valence-electron chi connectivity index (χ2n) is 10.6. The first-order valence-electron chi connectivity index (χ1n) is 13.3. The molecule has 0 aromatic heterocycles. The van der Waals surface area contributed by atoms with Gasteiger partial charge < -0.3 is 20.1 Å². The zero-order valence-corrected chi connectivity index (χ0v) is 23.0. The van der Waals surface area contributed by atoms with Gasteiger partial charge >= 0.3 is 12.2 Å². The Labute approximate surface area is 238 Å². The summed E-state index contributed by atoms with van der Waals surface area (Å²) in [6.45, 7) is 5.34. The van der Waals surface area contributed by atoms with Crippen LogP contribution >= 0.6 is 0 Å². The van der Waals surface area contributed by atoms with Gasteiger partial charge in [-0.2, -0.15) is 0 Å². The average molecular weight is 550 g/mol. The average Bonchev–Trinajstić information content (AvgIpc) is 3.25. The third-order valence-corrected chi connectivity index (χ3v) is 6.46. The van der Waals surface area contributed by atoms with E-state index < -0.39 is 35.8 Å². The highest BCUT2D eigenvalue weighted by atomic mass is 16.6. The fourth-order valence-electron chi connectivity index (χ4n) is 4.71. The highest BCUT2D eigenvalue weighted by Gasteiger charge is 2.32. The molecule has 8 nitrogen and oxygen atoms in total. The minimum absolute atomic E-state index is 0.451. The second kappa shape index (κ2) is 11.6. The highest BCUT2D eigenvalue weighted by Crippen LogP contribution is 2.45. The maximum absolute atomic E-state index is 13.4. The summed E-state index contributed by atoms with van der Waals surface area (Å²) in [7, 11) is 0. The summed E-state index contributed by atoms with van der Waals surface area (Å²) in [6, 6.07) is 30.1. The summed E-state index contributed by atoms with van der Waals surface area (Å²) < 4.78 is 11.2. The molecule has 4 aromatic rings. The Morgan fingerprint density at radius 2 is 1.17 bits per heavy atom. The first kappa shape index (κ1) is 27.5. The van der Waals surface area contributed by atoms with Gasteiger partial charge in [0.2, 0.25) is 0 Å². The standard InChI is InChI=1S/C33H31N3O5/c1-33(2,3)41-32(39)35-23-19-17-22(18-20-23)34-30(37)28(21-11-5-4-6-12-21)36-31(38)40-29-26-15-9-7-13-24(26)25-14-8-10-16-27(25)29/h4-20,28-29H,1-3H3,(H,34,37)(H,35,39)(H,36,38)/t28-/m0/s1. The van der Waals surface area contributed by atoms with E-state index in [0.717, 1.165) is 22.3 Å². The van der Waals surface area contributed by atoms with Crippen molar-refractivity contribution >= 4 is 29.5 Å². The molecule has 0 heterocycles. The quantitative estimate of drug-likeness (QED) is 0.236. The third-order valence-electron chi connectivity index (χ3n) is 6.46. The molecule has 8 heteroatoms. The molecular formula is C33H31N3O5. The Morgan fingerprint density at radius 3 is 1.73 bits per heavy atom. The zero-order valence-electron chi connectivity index (χ0n) is 23.0. The third kappa shape index (κ3) is 6.55. The summed E-state index contributed by atoms with van der Waals surface area (Å²) >= 11 is 0. The van der Waals surface area contributed by atoms with E-state index in [2.05, 4.69) is 16.0 Å². The predicted octanol–water partition coefficient (Wildman–Crippen LogP) is 7.21. The number of carbonyl (C=O) groups is 3. The van der Waals surface area contributed by atoms with Gasteiger partial charge in [-0.1, -0.05) is 78.9 Å². The molecule has 3 N–H and O–H groups in total. The number of fused-ring (bicyclic) bond motifs is 3. The maximum atomic E-state index is 13.4. The molecule has 0 saturated heterocycles. The first-order valence-corrected chi connectivity index (χ1v) is 13.3. The van der Waals surface area contributed by atoms with E-state index in [1.54, 1.807) is 69.3 Å². The molecule has 0 saturated carbocycles. The molecule has 0 unspecified atom stereocenters. The fourth-order valence-corrected chi connectivity index (χ4v) is 4.71. The molecule has 3 amide bonds. The number of ether oxygens (including phenoxy) is 2. The Bertz CT molecular complexity index is 1520. The van der Waals surface area contributed by atoms with Gasteiger partial charge in [-0.05, 0) is 61.7 Å². The molecule has 0 radical (unpaired) electrons. The van der Waals surface area contributed by atoms with Crippen LogP contribution in [0.3, 0.4) is 0 Å². The van der Waals surface area contributed by atoms with Crippen LogP contribution in [0.5, 0.6) is 0 Å². The summed E-state index contributed by atoms with van der Waals surface area (Å²) in [5, 5.41) is 8.25. The van der Waals surface area contributed by atoms with E-state index in [4.69, 9.17) is 9.47 Å². The molecule has 0 fully saturated rings. The number of amides is 3. The summed E-state index contributed by atoms with van der Waals surface area (Å²) in [6.07, 6.45) is -1.89. The number of hydrogen-bond donors (Lipinski definition) is 3. The summed E-state index contributed by atoms with van der Waals surface area (Å²) in [4.78, 5) is 38.7.